The molecule has 2 aromatic rings. The van der Waals surface area contributed by atoms with Crippen molar-refractivity contribution >= 4 is 17.6 Å². The third-order valence-electron chi connectivity index (χ3n) is 2.66. The number of aromatic nitrogens is 2. The second kappa shape index (κ2) is 5.96. The Morgan fingerprint density at radius 3 is 2.55 bits per heavy atom. The lowest BCUT2D eigenvalue weighted by Crippen LogP contribution is -2.11. The maximum absolute atomic E-state index is 13.0. The summed E-state index contributed by atoms with van der Waals surface area (Å²) in [6.45, 7) is 3.60. The minimum Gasteiger partial charge on any atom is -0.462 e. The van der Waals surface area contributed by atoms with E-state index in [9.17, 15) is 9.18 Å². The van der Waals surface area contributed by atoms with Crippen LogP contribution in [-0.2, 0) is 4.74 Å². The predicted molar refractivity (Wildman–Crippen MR) is 73.1 cm³/mol. The number of nitrogens with zero attached hydrogens (tertiary/aromatic N) is 2. The molecule has 6 heteroatoms. The predicted octanol–water partition coefficient (Wildman–Crippen LogP) is 3.42. The van der Waals surface area contributed by atoms with Crippen LogP contribution in [0.2, 0.25) is 5.28 Å². The second-order valence-electron chi connectivity index (χ2n) is 4.03. The Balaban J connectivity index is 2.61. The zero-order valence-corrected chi connectivity index (χ0v) is 11.7. The summed E-state index contributed by atoms with van der Waals surface area (Å²) in [6.07, 6.45) is 0. The van der Waals surface area contributed by atoms with E-state index in [0.717, 1.165) is 0 Å². The van der Waals surface area contributed by atoms with Crippen LogP contribution in [0.1, 0.15) is 23.0 Å². The number of aryl methyl sites for hydroxylation is 1. The number of carbonyl (C=O) groups is 1. The molecule has 1 aromatic heterocycles. The van der Waals surface area contributed by atoms with Gasteiger partial charge in [-0.3, -0.25) is 0 Å². The zero-order valence-electron chi connectivity index (χ0n) is 11.0. The first-order valence-electron chi connectivity index (χ1n) is 6.00. The molecule has 0 radical (unpaired) electrons. The summed E-state index contributed by atoms with van der Waals surface area (Å²) in [6, 6.07) is 5.62. The van der Waals surface area contributed by atoms with Crippen molar-refractivity contribution in [2.75, 3.05) is 6.61 Å². The Morgan fingerprint density at radius 1 is 1.30 bits per heavy atom. The van der Waals surface area contributed by atoms with Crippen LogP contribution >= 0.6 is 11.6 Å². The van der Waals surface area contributed by atoms with Gasteiger partial charge in [-0.2, -0.15) is 0 Å². The van der Waals surface area contributed by atoms with Gasteiger partial charge < -0.3 is 4.74 Å². The van der Waals surface area contributed by atoms with Gasteiger partial charge >= 0.3 is 5.97 Å². The van der Waals surface area contributed by atoms with Crippen molar-refractivity contribution in [3.63, 3.8) is 0 Å². The van der Waals surface area contributed by atoms with Gasteiger partial charge in [0.2, 0.25) is 5.28 Å². The molecule has 0 N–H and O–H groups in total. The van der Waals surface area contributed by atoms with Gasteiger partial charge in [-0.05, 0) is 49.7 Å². The molecule has 0 aliphatic rings. The van der Waals surface area contributed by atoms with E-state index in [2.05, 4.69) is 9.97 Å². The average molecular weight is 295 g/mol. The molecule has 2 rings (SSSR count). The molecule has 0 amide bonds. The second-order valence-corrected chi connectivity index (χ2v) is 4.37. The maximum Gasteiger partial charge on any atom is 0.342 e. The summed E-state index contributed by atoms with van der Waals surface area (Å²) in [5.41, 5.74) is 1.56. The van der Waals surface area contributed by atoms with Crippen molar-refractivity contribution in [3.8, 4) is 11.3 Å². The van der Waals surface area contributed by atoms with Crippen LogP contribution in [0.3, 0.4) is 0 Å². The SMILES string of the molecule is CCOC(=O)c1c(C)nc(Cl)nc1-c1ccc(F)cc1. The molecule has 0 aliphatic heterocycles. The first-order chi connectivity index (χ1) is 9.52. The van der Waals surface area contributed by atoms with Crippen LogP contribution < -0.4 is 0 Å². The van der Waals surface area contributed by atoms with Crippen molar-refractivity contribution in [1.82, 2.24) is 9.97 Å². The number of carbonyl (C=O) groups excluding carboxylic acids is 1. The van der Waals surface area contributed by atoms with E-state index in [1.165, 1.54) is 24.3 Å². The molecule has 1 heterocycles. The third kappa shape index (κ3) is 2.93. The summed E-state index contributed by atoms with van der Waals surface area (Å²) in [5, 5.41) is 0.0230. The monoisotopic (exact) mass is 294 g/mol. The highest BCUT2D eigenvalue weighted by atomic mass is 35.5. The Kier molecular flexibility index (Phi) is 4.29. The normalized spacial score (nSPS) is 10.4. The van der Waals surface area contributed by atoms with Crippen molar-refractivity contribution in [2.45, 2.75) is 13.8 Å². The minimum absolute atomic E-state index is 0.0230. The third-order valence-corrected chi connectivity index (χ3v) is 2.83. The fourth-order valence-corrected chi connectivity index (χ4v) is 2.01. The topological polar surface area (TPSA) is 52.1 Å². The van der Waals surface area contributed by atoms with Crippen molar-refractivity contribution < 1.29 is 13.9 Å². The van der Waals surface area contributed by atoms with E-state index in [-0.39, 0.29) is 23.3 Å². The summed E-state index contributed by atoms with van der Waals surface area (Å²) >= 11 is 5.84. The van der Waals surface area contributed by atoms with E-state index < -0.39 is 5.97 Å². The standard InChI is InChI=1S/C14H12ClFN2O2/c1-3-20-13(19)11-8(2)17-14(15)18-12(11)9-4-6-10(16)7-5-9/h4-7H,3H2,1-2H3. The van der Waals surface area contributed by atoms with Gasteiger partial charge in [-0.15, -0.1) is 0 Å². The molecule has 1 aromatic carbocycles. The van der Waals surface area contributed by atoms with Gasteiger partial charge in [0.25, 0.3) is 0 Å². The smallest absolute Gasteiger partial charge is 0.342 e. The Morgan fingerprint density at radius 2 is 1.95 bits per heavy atom. The van der Waals surface area contributed by atoms with Crippen LogP contribution in [0, 0.1) is 12.7 Å². The molecular weight excluding hydrogens is 283 g/mol. The Hall–Kier alpha value is -2.01. The minimum atomic E-state index is -0.527. The van der Waals surface area contributed by atoms with Gasteiger partial charge in [0.1, 0.15) is 11.4 Å². The van der Waals surface area contributed by atoms with Crippen LogP contribution in [0.5, 0.6) is 0 Å². The highest BCUT2D eigenvalue weighted by Gasteiger charge is 2.20. The first-order valence-corrected chi connectivity index (χ1v) is 6.38. The van der Waals surface area contributed by atoms with E-state index in [1.54, 1.807) is 13.8 Å². The highest BCUT2D eigenvalue weighted by molar-refractivity contribution is 6.28. The Labute approximate surface area is 120 Å². The molecule has 4 nitrogen and oxygen atoms in total. The molecule has 0 fully saturated rings. The van der Waals surface area contributed by atoms with Crippen LogP contribution in [-0.4, -0.2) is 22.5 Å². The number of hydrogen-bond donors (Lipinski definition) is 0. The first kappa shape index (κ1) is 14.4. The van der Waals surface area contributed by atoms with Crippen molar-refractivity contribution in [3.05, 3.63) is 46.6 Å². The quantitative estimate of drug-likeness (QED) is 0.643. The number of esters is 1. The van der Waals surface area contributed by atoms with Gasteiger partial charge in [-0.1, -0.05) is 0 Å². The molecule has 0 aliphatic carbocycles. The molecule has 0 unspecified atom stereocenters. The van der Waals surface area contributed by atoms with Gasteiger partial charge in [-0.25, -0.2) is 19.2 Å². The van der Waals surface area contributed by atoms with E-state index >= 15 is 0 Å². The highest BCUT2D eigenvalue weighted by Crippen LogP contribution is 2.25. The molecule has 0 atom stereocenters. The molecule has 104 valence electrons. The number of ether oxygens (including phenoxy) is 1. The van der Waals surface area contributed by atoms with E-state index in [0.29, 0.717) is 17.0 Å². The number of hydrogen-bond acceptors (Lipinski definition) is 4. The summed E-state index contributed by atoms with van der Waals surface area (Å²) < 4.78 is 18.0. The zero-order chi connectivity index (χ0) is 14.7. The van der Waals surface area contributed by atoms with Crippen LogP contribution in [0.15, 0.2) is 24.3 Å². The van der Waals surface area contributed by atoms with Crippen LogP contribution in [0.25, 0.3) is 11.3 Å². The lowest BCUT2D eigenvalue weighted by Gasteiger charge is -2.11. The lowest BCUT2D eigenvalue weighted by molar-refractivity contribution is 0.0525. The molecule has 0 spiro atoms. The van der Waals surface area contributed by atoms with Gasteiger partial charge in [0.05, 0.1) is 18.0 Å². The van der Waals surface area contributed by atoms with Crippen LogP contribution in [0.4, 0.5) is 4.39 Å². The number of rotatable bonds is 3. The van der Waals surface area contributed by atoms with Crippen molar-refractivity contribution in [2.24, 2.45) is 0 Å². The maximum atomic E-state index is 13.0. The molecule has 0 bridgehead atoms. The molecule has 0 saturated carbocycles. The average Bonchev–Trinajstić information content (AvgIpc) is 2.38. The fraction of sp³-hybridized carbons (Fsp3) is 0.214. The van der Waals surface area contributed by atoms with E-state index in [1.807, 2.05) is 0 Å². The Bertz CT molecular complexity index is 644. The lowest BCUT2D eigenvalue weighted by atomic mass is 10.0. The van der Waals surface area contributed by atoms with Gasteiger partial charge in [0, 0.05) is 5.56 Å². The molecule has 0 saturated heterocycles. The number of halogens is 2. The number of benzene rings is 1. The summed E-state index contributed by atoms with van der Waals surface area (Å²) in [7, 11) is 0. The summed E-state index contributed by atoms with van der Waals surface area (Å²) in [4.78, 5) is 20.0. The van der Waals surface area contributed by atoms with E-state index in [4.69, 9.17) is 16.3 Å². The largest absolute Gasteiger partial charge is 0.462 e. The molecular formula is C14H12ClFN2O2. The molecule has 20 heavy (non-hydrogen) atoms. The fourth-order valence-electron chi connectivity index (χ4n) is 1.80. The van der Waals surface area contributed by atoms with Gasteiger partial charge in [0.15, 0.2) is 0 Å². The summed E-state index contributed by atoms with van der Waals surface area (Å²) in [5.74, 6) is -0.899. The van der Waals surface area contributed by atoms with Crippen molar-refractivity contribution in [1.29, 1.82) is 0 Å².